The van der Waals surface area contributed by atoms with E-state index in [2.05, 4.69) is 9.97 Å². The second kappa shape index (κ2) is 7.85. The summed E-state index contributed by atoms with van der Waals surface area (Å²) < 4.78 is 32.8. The molecular weight excluding hydrogens is 426 g/mol. The van der Waals surface area contributed by atoms with Gasteiger partial charge in [-0.05, 0) is 47.5 Å². The van der Waals surface area contributed by atoms with E-state index in [-0.39, 0.29) is 23.7 Å². The Morgan fingerprint density at radius 1 is 1.06 bits per heavy atom. The van der Waals surface area contributed by atoms with Gasteiger partial charge in [-0.15, -0.1) is 0 Å². The van der Waals surface area contributed by atoms with Gasteiger partial charge in [-0.3, -0.25) is 9.78 Å². The first-order chi connectivity index (χ1) is 14.8. The Balaban J connectivity index is 1.64. The van der Waals surface area contributed by atoms with E-state index < -0.39 is 33.5 Å². The predicted molar refractivity (Wildman–Crippen MR) is 106 cm³/mol. The Morgan fingerprint density at radius 2 is 1.74 bits per heavy atom. The lowest BCUT2D eigenvalue weighted by Crippen LogP contribution is -2.48. The van der Waals surface area contributed by atoms with Gasteiger partial charge in [0.2, 0.25) is 15.9 Å². The molecule has 4 rings (SSSR count). The monoisotopic (exact) mass is 443 g/mol. The summed E-state index contributed by atoms with van der Waals surface area (Å²) in [6.45, 7) is -0.264. The SMILES string of the molecule is O=C(O)[C@H]1Cc2cc(O)c(O)cc2CN1S(=O)(=O)c1ccc(Oc2cnccn2)cc1. The average Bonchev–Trinajstić information content (AvgIpc) is 2.75. The van der Waals surface area contributed by atoms with E-state index in [0.29, 0.717) is 16.9 Å². The lowest BCUT2D eigenvalue weighted by molar-refractivity contribution is -0.141. The maximum absolute atomic E-state index is 13.2. The number of sulfonamides is 1. The highest BCUT2D eigenvalue weighted by atomic mass is 32.2. The Labute approximate surface area is 177 Å². The van der Waals surface area contributed by atoms with Gasteiger partial charge < -0.3 is 20.1 Å². The van der Waals surface area contributed by atoms with Gasteiger partial charge in [0.05, 0.1) is 11.1 Å². The summed E-state index contributed by atoms with van der Waals surface area (Å²) in [7, 11) is -4.19. The molecule has 0 spiro atoms. The minimum absolute atomic E-state index is 0.114. The van der Waals surface area contributed by atoms with Crippen molar-refractivity contribution in [1.82, 2.24) is 14.3 Å². The molecule has 0 bridgehead atoms. The number of nitrogens with zero attached hydrogens (tertiary/aromatic N) is 3. The van der Waals surface area contributed by atoms with E-state index in [1.165, 1.54) is 55.0 Å². The molecule has 1 atom stereocenters. The summed E-state index contributed by atoms with van der Waals surface area (Å²) in [5.74, 6) is -1.55. The highest BCUT2D eigenvalue weighted by molar-refractivity contribution is 7.89. The van der Waals surface area contributed by atoms with Crippen LogP contribution in [0, 0.1) is 0 Å². The smallest absolute Gasteiger partial charge is 0.322 e. The first-order valence-electron chi connectivity index (χ1n) is 9.08. The molecule has 0 radical (unpaired) electrons. The molecule has 0 fully saturated rings. The van der Waals surface area contributed by atoms with Crippen LogP contribution in [-0.2, 0) is 27.8 Å². The van der Waals surface area contributed by atoms with Crippen molar-refractivity contribution in [3.63, 3.8) is 0 Å². The second-order valence-corrected chi connectivity index (χ2v) is 8.73. The van der Waals surface area contributed by atoms with Crippen molar-refractivity contribution in [2.24, 2.45) is 0 Å². The van der Waals surface area contributed by atoms with E-state index >= 15 is 0 Å². The number of phenols is 2. The van der Waals surface area contributed by atoms with Crippen molar-refractivity contribution in [1.29, 1.82) is 0 Å². The molecule has 0 unspecified atom stereocenters. The first kappa shape index (κ1) is 20.6. The number of hydrogen-bond acceptors (Lipinski definition) is 8. The topological polar surface area (TPSA) is 150 Å². The van der Waals surface area contributed by atoms with Crippen LogP contribution in [0.2, 0.25) is 0 Å². The summed E-state index contributed by atoms with van der Waals surface area (Å²) in [4.78, 5) is 19.5. The van der Waals surface area contributed by atoms with Crippen LogP contribution in [0.4, 0.5) is 0 Å². The molecule has 0 saturated heterocycles. The number of phenolic OH excluding ortho intramolecular Hbond substituents is 2. The standard InChI is InChI=1S/C20H17N3O7S/c24-17-8-12-7-16(20(26)27)23(11-13(12)9-18(17)25)31(28,29)15-3-1-14(2-4-15)30-19-10-21-5-6-22-19/h1-6,8-10,16,24-25H,7,11H2,(H,26,27)/t16-/m1/s1. The number of aromatic hydroxyl groups is 2. The van der Waals surface area contributed by atoms with Gasteiger partial charge >= 0.3 is 5.97 Å². The lowest BCUT2D eigenvalue weighted by Gasteiger charge is -2.33. The molecule has 160 valence electrons. The van der Waals surface area contributed by atoms with Gasteiger partial charge in [0.25, 0.3) is 0 Å². The Bertz CT molecular complexity index is 1230. The maximum atomic E-state index is 13.2. The van der Waals surface area contributed by atoms with Crippen LogP contribution in [0.25, 0.3) is 0 Å². The van der Waals surface area contributed by atoms with Gasteiger partial charge in [0.1, 0.15) is 11.8 Å². The molecule has 11 heteroatoms. The van der Waals surface area contributed by atoms with Gasteiger partial charge in [-0.25, -0.2) is 13.4 Å². The largest absolute Gasteiger partial charge is 0.504 e. The van der Waals surface area contributed by atoms with Crippen LogP contribution in [0.15, 0.2) is 59.9 Å². The van der Waals surface area contributed by atoms with Crippen molar-refractivity contribution in [2.75, 3.05) is 0 Å². The molecule has 1 aliphatic heterocycles. The molecule has 0 amide bonds. The number of carboxylic acids is 1. The molecule has 31 heavy (non-hydrogen) atoms. The normalized spacial score (nSPS) is 16.5. The number of aromatic nitrogens is 2. The van der Waals surface area contributed by atoms with Gasteiger partial charge in [-0.2, -0.15) is 4.31 Å². The fraction of sp³-hybridized carbons (Fsp3) is 0.150. The van der Waals surface area contributed by atoms with Gasteiger partial charge in [-0.1, -0.05) is 0 Å². The Morgan fingerprint density at radius 3 is 2.35 bits per heavy atom. The van der Waals surface area contributed by atoms with Crippen molar-refractivity contribution < 1.29 is 33.3 Å². The van der Waals surface area contributed by atoms with Crippen molar-refractivity contribution >= 4 is 16.0 Å². The Hall–Kier alpha value is -3.70. The van der Waals surface area contributed by atoms with Crippen LogP contribution >= 0.6 is 0 Å². The average molecular weight is 443 g/mol. The number of benzene rings is 2. The molecule has 0 saturated carbocycles. The van der Waals surface area contributed by atoms with E-state index in [1.54, 1.807) is 0 Å². The van der Waals surface area contributed by atoms with Crippen LogP contribution < -0.4 is 4.74 Å². The third kappa shape index (κ3) is 4.00. The first-order valence-corrected chi connectivity index (χ1v) is 10.5. The van der Waals surface area contributed by atoms with E-state index in [4.69, 9.17) is 4.74 Å². The molecule has 1 aliphatic rings. The predicted octanol–water partition coefficient (Wildman–Crippen LogP) is 1.88. The number of ether oxygens (including phenoxy) is 1. The number of hydrogen-bond donors (Lipinski definition) is 3. The zero-order chi connectivity index (χ0) is 22.2. The van der Waals surface area contributed by atoms with Crippen LogP contribution in [0.5, 0.6) is 23.1 Å². The van der Waals surface area contributed by atoms with E-state index in [0.717, 1.165) is 4.31 Å². The number of carbonyl (C=O) groups is 1. The second-order valence-electron chi connectivity index (χ2n) is 6.84. The minimum Gasteiger partial charge on any atom is -0.504 e. The summed E-state index contributed by atoms with van der Waals surface area (Å²) in [5.41, 5.74) is 0.876. The van der Waals surface area contributed by atoms with Crippen LogP contribution in [0.3, 0.4) is 0 Å². The summed E-state index contributed by atoms with van der Waals surface area (Å²) in [6, 6.07) is 6.61. The van der Waals surface area contributed by atoms with Crippen molar-refractivity contribution in [3.8, 4) is 23.1 Å². The van der Waals surface area contributed by atoms with E-state index in [9.17, 15) is 28.5 Å². The fourth-order valence-corrected chi connectivity index (χ4v) is 4.89. The third-order valence-corrected chi connectivity index (χ3v) is 6.73. The highest BCUT2D eigenvalue weighted by Gasteiger charge is 2.40. The van der Waals surface area contributed by atoms with Crippen molar-refractivity contribution in [2.45, 2.75) is 23.9 Å². The molecule has 2 aromatic carbocycles. The van der Waals surface area contributed by atoms with E-state index in [1.807, 2.05) is 0 Å². The summed E-state index contributed by atoms with van der Waals surface area (Å²) >= 11 is 0. The quantitative estimate of drug-likeness (QED) is 0.502. The Kier molecular flexibility index (Phi) is 5.21. The maximum Gasteiger partial charge on any atom is 0.322 e. The molecular formula is C20H17N3O7S. The van der Waals surface area contributed by atoms with Gasteiger partial charge in [0.15, 0.2) is 11.5 Å². The summed E-state index contributed by atoms with van der Waals surface area (Å²) in [6.07, 6.45) is 4.19. The zero-order valence-electron chi connectivity index (χ0n) is 15.9. The molecule has 3 aromatic rings. The molecule has 3 N–H and O–H groups in total. The molecule has 1 aromatic heterocycles. The zero-order valence-corrected chi connectivity index (χ0v) is 16.7. The lowest BCUT2D eigenvalue weighted by atomic mass is 9.95. The van der Waals surface area contributed by atoms with Gasteiger partial charge in [0, 0.05) is 25.4 Å². The number of rotatable bonds is 5. The summed E-state index contributed by atoms with van der Waals surface area (Å²) in [5, 5.41) is 29.1. The number of fused-ring (bicyclic) bond motifs is 1. The third-order valence-electron chi connectivity index (χ3n) is 4.86. The number of carboxylic acid groups (broad SMARTS) is 1. The molecule has 0 aliphatic carbocycles. The van der Waals surface area contributed by atoms with Crippen LogP contribution in [-0.4, -0.2) is 50.0 Å². The fourth-order valence-electron chi connectivity index (χ4n) is 3.33. The van der Waals surface area contributed by atoms with Crippen LogP contribution in [0.1, 0.15) is 11.1 Å². The molecule has 10 nitrogen and oxygen atoms in total. The van der Waals surface area contributed by atoms with Crippen molar-refractivity contribution in [3.05, 3.63) is 66.1 Å². The number of aliphatic carboxylic acids is 1. The minimum atomic E-state index is -4.19. The molecule has 2 heterocycles. The highest BCUT2D eigenvalue weighted by Crippen LogP contribution is 2.35.